The number of benzene rings is 1. The normalized spacial score (nSPS) is 21.8. The van der Waals surface area contributed by atoms with Gasteiger partial charge in [0.15, 0.2) is 5.82 Å². The number of halogens is 1. The van der Waals surface area contributed by atoms with Gasteiger partial charge < -0.3 is 14.6 Å². The third kappa shape index (κ3) is 3.05. The fraction of sp³-hybridized carbons (Fsp3) is 0.455. The summed E-state index contributed by atoms with van der Waals surface area (Å²) in [5, 5.41) is 3.94. The molecule has 0 saturated heterocycles. The van der Waals surface area contributed by atoms with Crippen molar-refractivity contribution in [2.45, 2.75) is 58.2 Å². The molecule has 0 spiro atoms. The summed E-state index contributed by atoms with van der Waals surface area (Å²) >= 11 is 0. The number of nitrogens with zero attached hydrogens (tertiary/aromatic N) is 3. The van der Waals surface area contributed by atoms with Crippen molar-refractivity contribution in [3.05, 3.63) is 52.9 Å². The highest BCUT2D eigenvalue weighted by Crippen LogP contribution is 2.37. The molecule has 1 saturated carbocycles. The van der Waals surface area contributed by atoms with Crippen molar-refractivity contribution >= 4 is 11.0 Å². The average Bonchev–Trinajstić information content (AvgIpc) is 3.26. The van der Waals surface area contributed by atoms with Crippen LogP contribution >= 0.6 is 0 Å². The Labute approximate surface area is 163 Å². The van der Waals surface area contributed by atoms with Crippen LogP contribution in [0.4, 0.5) is 4.39 Å². The first kappa shape index (κ1) is 17.6. The van der Waals surface area contributed by atoms with Gasteiger partial charge in [-0.3, -0.25) is 0 Å². The first-order chi connectivity index (χ1) is 13.6. The van der Waals surface area contributed by atoms with Crippen molar-refractivity contribution in [2.75, 3.05) is 6.54 Å². The monoisotopic (exact) mass is 380 g/mol. The summed E-state index contributed by atoms with van der Waals surface area (Å²) in [7, 11) is 0. The van der Waals surface area contributed by atoms with Gasteiger partial charge in [-0.2, -0.15) is 0 Å². The highest BCUT2D eigenvalue weighted by Gasteiger charge is 2.30. The molecule has 3 heterocycles. The molecule has 0 amide bonds. The molecular formula is C22H25FN4O. The van der Waals surface area contributed by atoms with Gasteiger partial charge in [-0.15, -0.1) is 0 Å². The summed E-state index contributed by atoms with van der Waals surface area (Å²) in [6, 6.07) is 4.63. The van der Waals surface area contributed by atoms with E-state index >= 15 is 0 Å². The Morgan fingerprint density at radius 2 is 2.14 bits per heavy atom. The molecule has 5 rings (SSSR count). The van der Waals surface area contributed by atoms with E-state index in [1.165, 1.54) is 16.7 Å². The second-order valence-electron chi connectivity index (χ2n) is 8.07. The molecule has 0 bridgehead atoms. The molecule has 2 unspecified atom stereocenters. The summed E-state index contributed by atoms with van der Waals surface area (Å²) in [6.45, 7) is 5.85. The van der Waals surface area contributed by atoms with E-state index < -0.39 is 0 Å². The average molecular weight is 380 g/mol. The van der Waals surface area contributed by atoms with Crippen LogP contribution in [0, 0.1) is 19.7 Å². The van der Waals surface area contributed by atoms with E-state index in [2.05, 4.69) is 34.3 Å². The Morgan fingerprint density at radius 3 is 3.04 bits per heavy atom. The molecule has 1 N–H and O–H groups in total. The molecule has 2 aliphatic rings. The molecule has 1 aliphatic carbocycles. The molecule has 146 valence electrons. The van der Waals surface area contributed by atoms with E-state index in [0.717, 1.165) is 44.5 Å². The molecule has 1 aliphatic heterocycles. The van der Waals surface area contributed by atoms with Gasteiger partial charge in [0.25, 0.3) is 0 Å². The predicted molar refractivity (Wildman–Crippen MR) is 106 cm³/mol. The zero-order valence-corrected chi connectivity index (χ0v) is 16.3. The summed E-state index contributed by atoms with van der Waals surface area (Å²) in [6.07, 6.45) is 7.13. The van der Waals surface area contributed by atoms with E-state index in [-0.39, 0.29) is 18.0 Å². The quantitative estimate of drug-likeness (QED) is 0.746. The number of ether oxygens (including phenoxy) is 1. The van der Waals surface area contributed by atoms with E-state index in [1.807, 2.05) is 11.5 Å². The van der Waals surface area contributed by atoms with Crippen molar-refractivity contribution < 1.29 is 9.13 Å². The molecule has 28 heavy (non-hydrogen) atoms. The highest BCUT2D eigenvalue weighted by atomic mass is 19.1. The highest BCUT2D eigenvalue weighted by molar-refractivity contribution is 5.76. The molecule has 1 fully saturated rings. The summed E-state index contributed by atoms with van der Waals surface area (Å²) in [5.74, 6) is 1.42. The van der Waals surface area contributed by atoms with Gasteiger partial charge in [0, 0.05) is 37.0 Å². The molecule has 2 atom stereocenters. The number of aryl methyl sites for hydroxylation is 2. The predicted octanol–water partition coefficient (Wildman–Crippen LogP) is 4.01. The molecule has 0 radical (unpaired) electrons. The lowest BCUT2D eigenvalue weighted by Gasteiger charge is -2.24. The fourth-order valence-electron chi connectivity index (χ4n) is 4.63. The summed E-state index contributed by atoms with van der Waals surface area (Å²) in [4.78, 5) is 8.62. The molecule has 5 nitrogen and oxygen atoms in total. The Bertz CT molecular complexity index is 1040. The second kappa shape index (κ2) is 6.85. The second-order valence-corrected chi connectivity index (χ2v) is 8.07. The number of rotatable bonds is 3. The van der Waals surface area contributed by atoms with E-state index in [1.54, 1.807) is 12.4 Å². The first-order valence-electron chi connectivity index (χ1n) is 10.1. The van der Waals surface area contributed by atoms with Crippen LogP contribution in [-0.2, 0) is 13.0 Å². The molecule has 6 heteroatoms. The fourth-order valence-corrected chi connectivity index (χ4v) is 4.63. The third-order valence-corrected chi connectivity index (χ3v) is 6.01. The van der Waals surface area contributed by atoms with Crippen LogP contribution in [0.2, 0.25) is 0 Å². The lowest BCUT2D eigenvalue weighted by atomic mass is 9.97. The molecular weight excluding hydrogens is 355 g/mol. The first-order valence-corrected chi connectivity index (χ1v) is 10.1. The summed E-state index contributed by atoms with van der Waals surface area (Å²) in [5.41, 5.74) is 4.62. The standard InChI is InChI=1S/C22H25FN4O/c1-13-7-15-5-6-24-10-18(15)21(8-13)28-17-4-3-16(9-17)27-12-20(23)19-11-25-14(2)26-22(19)27/h7-8,11-12,16-17,24H,3-6,9-10H2,1-2H3. The SMILES string of the molecule is Cc1cc2c(c(OC3CCC(n4cc(F)c5cnc(C)nc54)C3)c1)CNCC2. The maximum Gasteiger partial charge on any atom is 0.151 e. The lowest BCUT2D eigenvalue weighted by Crippen LogP contribution is -2.25. The topological polar surface area (TPSA) is 52.0 Å². The van der Waals surface area contributed by atoms with E-state index in [0.29, 0.717) is 16.9 Å². The van der Waals surface area contributed by atoms with Crippen molar-refractivity contribution in [3.63, 3.8) is 0 Å². The summed E-state index contributed by atoms with van der Waals surface area (Å²) < 4.78 is 22.8. The van der Waals surface area contributed by atoms with Gasteiger partial charge in [0.05, 0.1) is 5.39 Å². The van der Waals surface area contributed by atoms with Crippen molar-refractivity contribution in [1.29, 1.82) is 0 Å². The van der Waals surface area contributed by atoms with Crippen LogP contribution in [0.1, 0.15) is 47.8 Å². The van der Waals surface area contributed by atoms with Crippen LogP contribution in [-0.4, -0.2) is 27.2 Å². The Hall–Kier alpha value is -2.47. The maximum atomic E-state index is 14.3. The largest absolute Gasteiger partial charge is 0.490 e. The van der Waals surface area contributed by atoms with Crippen LogP contribution in [0.15, 0.2) is 24.5 Å². The Morgan fingerprint density at radius 1 is 1.25 bits per heavy atom. The smallest absolute Gasteiger partial charge is 0.151 e. The van der Waals surface area contributed by atoms with Crippen molar-refractivity contribution in [1.82, 2.24) is 19.9 Å². The minimum Gasteiger partial charge on any atom is -0.490 e. The van der Waals surface area contributed by atoms with Gasteiger partial charge in [0.1, 0.15) is 23.3 Å². The Balaban J connectivity index is 1.39. The van der Waals surface area contributed by atoms with Gasteiger partial charge in [-0.1, -0.05) is 6.07 Å². The molecule has 3 aromatic rings. The van der Waals surface area contributed by atoms with Gasteiger partial charge in [0.2, 0.25) is 0 Å². The van der Waals surface area contributed by atoms with E-state index in [4.69, 9.17) is 4.74 Å². The van der Waals surface area contributed by atoms with Crippen LogP contribution in [0.25, 0.3) is 11.0 Å². The molecule has 1 aromatic carbocycles. The van der Waals surface area contributed by atoms with E-state index in [9.17, 15) is 4.39 Å². The lowest BCUT2D eigenvalue weighted by molar-refractivity contribution is 0.201. The van der Waals surface area contributed by atoms with Crippen LogP contribution in [0.5, 0.6) is 5.75 Å². The maximum absolute atomic E-state index is 14.3. The number of fused-ring (bicyclic) bond motifs is 2. The number of hydrogen-bond donors (Lipinski definition) is 1. The van der Waals surface area contributed by atoms with Gasteiger partial charge in [-0.25, -0.2) is 14.4 Å². The minimum atomic E-state index is -0.252. The zero-order chi connectivity index (χ0) is 19.3. The molecule has 2 aromatic heterocycles. The Kier molecular flexibility index (Phi) is 4.31. The van der Waals surface area contributed by atoms with Crippen molar-refractivity contribution in [2.24, 2.45) is 0 Å². The van der Waals surface area contributed by atoms with Crippen LogP contribution < -0.4 is 10.1 Å². The third-order valence-electron chi connectivity index (χ3n) is 6.01. The van der Waals surface area contributed by atoms with Gasteiger partial charge in [-0.05, 0) is 56.8 Å². The zero-order valence-electron chi connectivity index (χ0n) is 16.3. The van der Waals surface area contributed by atoms with Crippen molar-refractivity contribution in [3.8, 4) is 5.75 Å². The number of aromatic nitrogens is 3. The van der Waals surface area contributed by atoms with Gasteiger partial charge >= 0.3 is 0 Å². The van der Waals surface area contributed by atoms with Crippen LogP contribution in [0.3, 0.4) is 0 Å². The number of nitrogens with one attached hydrogen (secondary N) is 1. The minimum absolute atomic E-state index is 0.140. The number of hydrogen-bond acceptors (Lipinski definition) is 4.